The second-order valence-corrected chi connectivity index (χ2v) is 10.0. The average Bonchev–Trinajstić information content (AvgIpc) is 2.90. The molecule has 0 radical (unpaired) electrons. The number of ether oxygens (including phenoxy) is 1. The molecule has 0 aliphatic carbocycles. The summed E-state index contributed by atoms with van der Waals surface area (Å²) in [6, 6.07) is 25.0. The van der Waals surface area contributed by atoms with E-state index >= 15 is 0 Å². The molecular weight excluding hydrogens is 468 g/mol. The molecular formula is C30H36N2O3S. The molecule has 0 aliphatic rings. The number of thioether (sulfide) groups is 1. The number of methoxy groups -OCH3 is 1. The molecule has 3 rings (SSSR count). The van der Waals surface area contributed by atoms with Crippen LogP contribution in [-0.4, -0.2) is 41.7 Å². The van der Waals surface area contributed by atoms with Crippen molar-refractivity contribution in [1.29, 1.82) is 0 Å². The molecule has 0 heterocycles. The standard InChI is InChI=1S/C30H36N2O3S/c1-5-23(3)31-30(34)28(19-24-10-7-6-8-11-24)32(20-25-12-9-13-26(18-25)35-4)29(33)21-36-27-16-14-22(2)15-17-27/h6-18,23,28H,5,19-21H2,1-4H3,(H,31,34)/t23-,28+/m1/s1. The minimum absolute atomic E-state index is 0.0199. The van der Waals surface area contributed by atoms with Crippen LogP contribution in [0.4, 0.5) is 0 Å². The van der Waals surface area contributed by atoms with Crippen molar-refractivity contribution in [3.05, 3.63) is 95.6 Å². The highest BCUT2D eigenvalue weighted by Gasteiger charge is 2.31. The third-order valence-corrected chi connectivity index (χ3v) is 7.14. The molecule has 0 spiro atoms. The first-order chi connectivity index (χ1) is 17.4. The lowest BCUT2D eigenvalue weighted by molar-refractivity contribution is -0.139. The van der Waals surface area contributed by atoms with E-state index < -0.39 is 6.04 Å². The predicted molar refractivity (Wildman–Crippen MR) is 147 cm³/mol. The van der Waals surface area contributed by atoms with Crippen molar-refractivity contribution >= 4 is 23.6 Å². The molecule has 6 heteroatoms. The Bertz CT molecular complexity index is 1120. The maximum Gasteiger partial charge on any atom is 0.243 e. The van der Waals surface area contributed by atoms with E-state index in [1.807, 2.05) is 99.6 Å². The monoisotopic (exact) mass is 504 g/mol. The Balaban J connectivity index is 1.92. The maximum atomic E-state index is 13.7. The van der Waals surface area contributed by atoms with Gasteiger partial charge in [-0.05, 0) is 55.7 Å². The number of hydrogen-bond acceptors (Lipinski definition) is 4. The van der Waals surface area contributed by atoms with Gasteiger partial charge in [-0.15, -0.1) is 11.8 Å². The Labute approximate surface area is 219 Å². The number of nitrogens with zero attached hydrogens (tertiary/aromatic N) is 1. The Morgan fingerprint density at radius 1 is 0.972 bits per heavy atom. The molecule has 0 bridgehead atoms. The van der Waals surface area contributed by atoms with Crippen LogP contribution < -0.4 is 10.1 Å². The summed E-state index contributed by atoms with van der Waals surface area (Å²) in [5.74, 6) is 0.751. The topological polar surface area (TPSA) is 58.6 Å². The molecule has 3 aromatic rings. The van der Waals surface area contributed by atoms with Crippen molar-refractivity contribution in [2.45, 2.75) is 57.1 Å². The fourth-order valence-corrected chi connectivity index (χ4v) is 4.61. The zero-order valence-electron chi connectivity index (χ0n) is 21.6. The summed E-state index contributed by atoms with van der Waals surface area (Å²) in [5, 5.41) is 3.11. The third-order valence-electron chi connectivity index (χ3n) is 6.14. The number of rotatable bonds is 12. The van der Waals surface area contributed by atoms with Gasteiger partial charge in [-0.25, -0.2) is 0 Å². The first-order valence-corrected chi connectivity index (χ1v) is 13.3. The zero-order chi connectivity index (χ0) is 25.9. The van der Waals surface area contributed by atoms with Gasteiger partial charge < -0.3 is 15.0 Å². The normalized spacial score (nSPS) is 12.4. The van der Waals surface area contributed by atoms with Crippen LogP contribution in [0.3, 0.4) is 0 Å². The van der Waals surface area contributed by atoms with E-state index in [9.17, 15) is 9.59 Å². The van der Waals surface area contributed by atoms with Crippen LogP contribution in [0, 0.1) is 6.92 Å². The summed E-state index contributed by atoms with van der Waals surface area (Å²) in [7, 11) is 1.62. The van der Waals surface area contributed by atoms with Crippen molar-refractivity contribution < 1.29 is 14.3 Å². The molecule has 0 saturated heterocycles. The Hall–Kier alpha value is -3.25. The average molecular weight is 505 g/mol. The van der Waals surface area contributed by atoms with Crippen LogP contribution in [0.5, 0.6) is 5.75 Å². The summed E-state index contributed by atoms with van der Waals surface area (Å²) in [6.45, 7) is 6.38. The van der Waals surface area contributed by atoms with E-state index in [4.69, 9.17) is 4.74 Å². The minimum atomic E-state index is -0.640. The molecule has 0 fully saturated rings. The molecule has 2 amide bonds. The molecule has 1 N–H and O–H groups in total. The summed E-state index contributed by atoms with van der Waals surface area (Å²) < 4.78 is 5.40. The van der Waals surface area contributed by atoms with Gasteiger partial charge in [-0.2, -0.15) is 0 Å². The van der Waals surface area contributed by atoms with Gasteiger partial charge in [-0.3, -0.25) is 9.59 Å². The number of hydrogen-bond donors (Lipinski definition) is 1. The van der Waals surface area contributed by atoms with E-state index in [-0.39, 0.29) is 23.6 Å². The molecule has 0 aromatic heterocycles. The molecule has 5 nitrogen and oxygen atoms in total. The molecule has 0 aliphatic heterocycles. The summed E-state index contributed by atoms with van der Waals surface area (Å²) >= 11 is 1.49. The second-order valence-electron chi connectivity index (χ2n) is 9.00. The van der Waals surface area contributed by atoms with E-state index in [0.29, 0.717) is 13.0 Å². The summed E-state index contributed by atoms with van der Waals surface area (Å²) in [5.41, 5.74) is 3.10. The first-order valence-electron chi connectivity index (χ1n) is 12.4. The maximum absolute atomic E-state index is 13.7. The predicted octanol–water partition coefficient (Wildman–Crippen LogP) is 5.65. The lowest BCUT2D eigenvalue weighted by atomic mass is 10.0. The van der Waals surface area contributed by atoms with Crippen LogP contribution in [0.1, 0.15) is 37.0 Å². The summed E-state index contributed by atoms with van der Waals surface area (Å²) in [4.78, 5) is 30.0. The lowest BCUT2D eigenvalue weighted by Gasteiger charge is -2.32. The number of aryl methyl sites for hydroxylation is 1. The van der Waals surface area contributed by atoms with Gasteiger partial charge in [0.05, 0.1) is 12.9 Å². The molecule has 0 unspecified atom stereocenters. The van der Waals surface area contributed by atoms with Crippen molar-refractivity contribution in [2.75, 3.05) is 12.9 Å². The minimum Gasteiger partial charge on any atom is -0.497 e. The van der Waals surface area contributed by atoms with E-state index in [1.165, 1.54) is 17.3 Å². The van der Waals surface area contributed by atoms with Gasteiger partial charge in [0.1, 0.15) is 11.8 Å². The quantitative estimate of drug-likeness (QED) is 0.324. The van der Waals surface area contributed by atoms with Crippen LogP contribution in [-0.2, 0) is 22.6 Å². The largest absolute Gasteiger partial charge is 0.497 e. The smallest absolute Gasteiger partial charge is 0.243 e. The zero-order valence-corrected chi connectivity index (χ0v) is 22.4. The highest BCUT2D eigenvalue weighted by molar-refractivity contribution is 8.00. The molecule has 36 heavy (non-hydrogen) atoms. The van der Waals surface area contributed by atoms with Crippen LogP contribution in [0.15, 0.2) is 83.8 Å². The van der Waals surface area contributed by atoms with Gasteiger partial charge in [0, 0.05) is 23.9 Å². The molecule has 190 valence electrons. The van der Waals surface area contributed by atoms with Gasteiger partial charge in [0.15, 0.2) is 0 Å². The van der Waals surface area contributed by atoms with E-state index in [1.54, 1.807) is 12.0 Å². The Morgan fingerprint density at radius 2 is 1.67 bits per heavy atom. The highest BCUT2D eigenvalue weighted by Crippen LogP contribution is 2.23. The van der Waals surface area contributed by atoms with Crippen LogP contribution in [0.25, 0.3) is 0 Å². The van der Waals surface area contributed by atoms with Gasteiger partial charge in [0.25, 0.3) is 0 Å². The van der Waals surface area contributed by atoms with Crippen molar-refractivity contribution in [3.63, 3.8) is 0 Å². The number of benzene rings is 3. The van der Waals surface area contributed by atoms with Crippen LogP contribution in [0.2, 0.25) is 0 Å². The number of nitrogens with one attached hydrogen (secondary N) is 1. The van der Waals surface area contributed by atoms with Crippen molar-refractivity contribution in [1.82, 2.24) is 10.2 Å². The van der Waals surface area contributed by atoms with Gasteiger partial charge >= 0.3 is 0 Å². The lowest BCUT2D eigenvalue weighted by Crippen LogP contribution is -2.52. The summed E-state index contributed by atoms with van der Waals surface area (Å²) in [6.07, 6.45) is 1.25. The molecule has 2 atom stereocenters. The van der Waals surface area contributed by atoms with Gasteiger partial charge in [-0.1, -0.05) is 67.1 Å². The number of amides is 2. The fraction of sp³-hybridized carbons (Fsp3) is 0.333. The third kappa shape index (κ3) is 8.16. The number of carbonyl (C=O) groups is 2. The second kappa shape index (κ2) is 13.7. The van der Waals surface area contributed by atoms with Crippen molar-refractivity contribution in [3.8, 4) is 5.75 Å². The SMILES string of the molecule is CC[C@@H](C)NC(=O)[C@H](Cc1ccccc1)N(Cc1cccc(OC)c1)C(=O)CSc1ccc(C)cc1. The van der Waals surface area contributed by atoms with Crippen LogP contribution >= 0.6 is 11.8 Å². The van der Waals surface area contributed by atoms with E-state index in [0.717, 1.165) is 28.2 Å². The van der Waals surface area contributed by atoms with Gasteiger partial charge in [0.2, 0.25) is 11.8 Å². The van der Waals surface area contributed by atoms with Crippen molar-refractivity contribution in [2.24, 2.45) is 0 Å². The Morgan fingerprint density at radius 3 is 2.33 bits per heavy atom. The Kier molecular flexibility index (Phi) is 10.4. The fourth-order valence-electron chi connectivity index (χ4n) is 3.83. The number of carbonyl (C=O) groups excluding carboxylic acids is 2. The first kappa shape index (κ1) is 27.3. The molecule has 3 aromatic carbocycles. The van der Waals surface area contributed by atoms with E-state index in [2.05, 4.69) is 5.32 Å². The highest BCUT2D eigenvalue weighted by atomic mass is 32.2. The molecule has 0 saturated carbocycles.